The smallest absolute Gasteiger partial charge is 0.179 e. The number of fused-ring (bicyclic) bond motifs is 3. The lowest BCUT2D eigenvalue weighted by Gasteiger charge is -2.35. The molecule has 0 saturated carbocycles. The second-order valence-corrected chi connectivity index (χ2v) is 21.4. The van der Waals surface area contributed by atoms with Crippen LogP contribution in [0.3, 0.4) is 0 Å². The Morgan fingerprint density at radius 1 is 0.275 bits per heavy atom. The highest BCUT2D eigenvalue weighted by molar-refractivity contribution is 7.19. The molecular weight excluding hydrogens is 849 g/mol. The molecule has 0 fully saturated rings. The van der Waals surface area contributed by atoms with E-state index in [9.17, 15) is 0 Å². The molecule has 69 heavy (non-hydrogen) atoms. The van der Waals surface area contributed by atoms with Crippen LogP contribution in [0.5, 0.6) is 0 Å². The summed E-state index contributed by atoms with van der Waals surface area (Å²) in [5.41, 5.74) is 14.0. The predicted octanol–water partition coefficient (Wildman–Crippen LogP) is 14.6. The van der Waals surface area contributed by atoms with Crippen LogP contribution in [-0.4, -0.2) is 12.6 Å². The molecule has 0 aliphatic rings. The second kappa shape index (κ2) is 18.1. The summed E-state index contributed by atoms with van der Waals surface area (Å²) >= 11 is 0. The molecule has 3 heteroatoms. The molecule has 12 rings (SSSR count). The first kappa shape index (κ1) is 41.7. The van der Waals surface area contributed by atoms with Crippen LogP contribution in [0.15, 0.2) is 291 Å². The van der Waals surface area contributed by atoms with Crippen molar-refractivity contribution in [3.05, 3.63) is 291 Å². The first-order chi connectivity index (χ1) is 34.3. The van der Waals surface area contributed by atoms with Gasteiger partial charge in [-0.15, -0.1) is 0 Å². The Kier molecular flexibility index (Phi) is 11.0. The normalized spacial score (nSPS) is 11.5. The minimum absolute atomic E-state index is 1.08. The highest BCUT2D eigenvalue weighted by Gasteiger charge is 2.41. The molecule has 1 aromatic heterocycles. The molecule has 11 aromatic carbocycles. The van der Waals surface area contributed by atoms with E-state index in [-0.39, 0.29) is 0 Å². The van der Waals surface area contributed by atoms with Gasteiger partial charge in [0.25, 0.3) is 0 Å². The molecule has 0 atom stereocenters. The van der Waals surface area contributed by atoms with Gasteiger partial charge in [0, 0.05) is 33.5 Å². The van der Waals surface area contributed by atoms with E-state index in [0.29, 0.717) is 0 Å². The van der Waals surface area contributed by atoms with Crippen molar-refractivity contribution in [3.8, 4) is 39.1 Å². The van der Waals surface area contributed by atoms with E-state index in [1.54, 1.807) is 0 Å². The summed E-state index contributed by atoms with van der Waals surface area (Å²) in [4.78, 5) is 2.42. The number of anilines is 3. The van der Waals surface area contributed by atoms with E-state index in [1.165, 1.54) is 70.4 Å². The van der Waals surface area contributed by atoms with Crippen molar-refractivity contribution < 1.29 is 0 Å². The van der Waals surface area contributed by atoms with Crippen LogP contribution in [-0.2, 0) is 0 Å². The lowest BCUT2D eigenvalue weighted by molar-refractivity contribution is 1.18. The largest absolute Gasteiger partial charge is 0.310 e. The van der Waals surface area contributed by atoms with Crippen molar-refractivity contribution in [3.63, 3.8) is 0 Å². The summed E-state index contributed by atoms with van der Waals surface area (Å²) in [5.74, 6) is 0. The predicted molar refractivity (Wildman–Crippen MR) is 295 cm³/mol. The van der Waals surface area contributed by atoms with Crippen molar-refractivity contribution in [2.75, 3.05) is 4.90 Å². The van der Waals surface area contributed by atoms with Crippen LogP contribution >= 0.6 is 0 Å². The van der Waals surface area contributed by atoms with Crippen LogP contribution < -0.4 is 25.6 Å². The molecule has 326 valence electrons. The van der Waals surface area contributed by atoms with Crippen LogP contribution in [0.2, 0.25) is 0 Å². The Balaban J connectivity index is 1.03. The monoisotopic (exact) mass is 896 g/mol. The Labute approximate surface area is 405 Å². The molecule has 0 unspecified atom stereocenters. The molecule has 0 bridgehead atoms. The summed E-state index contributed by atoms with van der Waals surface area (Å²) in [5, 5.41) is 7.88. The average Bonchev–Trinajstić information content (AvgIpc) is 3.78. The van der Waals surface area contributed by atoms with E-state index in [1.807, 2.05) is 0 Å². The summed E-state index contributed by atoms with van der Waals surface area (Å²) in [7, 11) is -2.74. The maximum Gasteiger partial charge on any atom is 0.179 e. The number of aromatic nitrogens is 1. The SMILES string of the molecule is c1ccc(-c2ccccc2-c2ccc(N(c3ccc([Si](c4ccccc4)(c4ccccc4)c4ccccc4)cc3)c3cccc(-c4cccc5c4c4ccccc4n5-c4ccccc4)c3)cc2)cc1. The minimum atomic E-state index is -2.74. The van der Waals surface area contributed by atoms with Crippen molar-refractivity contribution >= 4 is 67.7 Å². The Bertz CT molecular complexity index is 3590. The fourth-order valence-electron chi connectivity index (χ4n) is 10.7. The quantitative estimate of drug-likeness (QED) is 0.0928. The Morgan fingerprint density at radius 2 is 0.696 bits per heavy atom. The fraction of sp³-hybridized carbons (Fsp3) is 0. The van der Waals surface area contributed by atoms with Crippen LogP contribution in [0.25, 0.3) is 60.9 Å². The number of para-hydroxylation sites is 2. The highest BCUT2D eigenvalue weighted by Crippen LogP contribution is 2.42. The fourth-order valence-corrected chi connectivity index (χ4v) is 15.4. The van der Waals surface area contributed by atoms with Crippen LogP contribution in [0, 0.1) is 0 Å². The standard InChI is InChI=1S/C66H48N2Si/c1-6-22-49(23-7-1)60-34-16-17-35-61(60)50-40-42-53(43-41-50)67(54-44-46-59(47-45-54)69(56-28-10-3-11-29-56,57-30-12-4-13-31-57)58-32-14-5-15-33-58)55-27-20-24-51(48-55)62-37-21-39-65-66(62)63-36-18-19-38-64(63)68(65)52-25-8-2-9-26-52/h1-48H. The van der Waals surface area contributed by atoms with Gasteiger partial charge in [-0.3, -0.25) is 0 Å². The minimum Gasteiger partial charge on any atom is -0.310 e. The number of benzene rings is 11. The molecule has 0 aliphatic heterocycles. The third kappa shape index (κ3) is 7.46. The van der Waals surface area contributed by atoms with Crippen LogP contribution in [0.4, 0.5) is 17.1 Å². The maximum atomic E-state index is 2.42. The van der Waals surface area contributed by atoms with Gasteiger partial charge in [-0.2, -0.15) is 0 Å². The molecular formula is C66H48N2Si. The number of rotatable bonds is 11. The van der Waals surface area contributed by atoms with Gasteiger partial charge in [0.2, 0.25) is 0 Å². The summed E-state index contributed by atoms with van der Waals surface area (Å²) in [6, 6.07) is 107. The van der Waals surface area contributed by atoms with Gasteiger partial charge in [-0.05, 0) is 115 Å². The number of hydrogen-bond acceptors (Lipinski definition) is 1. The van der Waals surface area contributed by atoms with Crippen molar-refractivity contribution in [1.82, 2.24) is 4.57 Å². The lowest BCUT2D eigenvalue weighted by atomic mass is 9.94. The molecule has 0 radical (unpaired) electrons. The summed E-state index contributed by atoms with van der Waals surface area (Å²) in [6.45, 7) is 0. The molecule has 1 heterocycles. The molecule has 0 spiro atoms. The zero-order valence-corrected chi connectivity index (χ0v) is 39.1. The van der Waals surface area contributed by atoms with Gasteiger partial charge in [0.05, 0.1) is 11.0 Å². The first-order valence-electron chi connectivity index (χ1n) is 23.8. The molecule has 0 amide bonds. The average molecular weight is 897 g/mol. The molecule has 0 aliphatic carbocycles. The van der Waals surface area contributed by atoms with E-state index >= 15 is 0 Å². The Hall–Kier alpha value is -8.76. The summed E-state index contributed by atoms with van der Waals surface area (Å²) < 4.78 is 2.40. The maximum absolute atomic E-state index is 2.74. The zero-order valence-electron chi connectivity index (χ0n) is 38.1. The van der Waals surface area contributed by atoms with Gasteiger partial charge < -0.3 is 9.47 Å². The molecule has 2 nitrogen and oxygen atoms in total. The Morgan fingerprint density at radius 3 is 1.29 bits per heavy atom. The van der Waals surface area contributed by atoms with Gasteiger partial charge in [0.15, 0.2) is 8.07 Å². The molecule has 0 N–H and O–H groups in total. The van der Waals surface area contributed by atoms with E-state index in [0.717, 1.165) is 28.3 Å². The molecule has 12 aromatic rings. The van der Waals surface area contributed by atoms with Gasteiger partial charge in [-0.1, -0.05) is 231 Å². The lowest BCUT2D eigenvalue weighted by Crippen LogP contribution is -2.74. The van der Waals surface area contributed by atoms with E-state index < -0.39 is 8.07 Å². The van der Waals surface area contributed by atoms with Gasteiger partial charge >= 0.3 is 0 Å². The third-order valence-electron chi connectivity index (χ3n) is 13.8. The van der Waals surface area contributed by atoms with Crippen LogP contribution in [0.1, 0.15) is 0 Å². The second-order valence-electron chi connectivity index (χ2n) is 17.6. The number of nitrogens with zero attached hydrogens (tertiary/aromatic N) is 2. The van der Waals surface area contributed by atoms with Crippen molar-refractivity contribution in [2.45, 2.75) is 0 Å². The topological polar surface area (TPSA) is 8.17 Å². The highest BCUT2D eigenvalue weighted by atomic mass is 28.3. The van der Waals surface area contributed by atoms with Gasteiger partial charge in [0.1, 0.15) is 0 Å². The first-order valence-corrected chi connectivity index (χ1v) is 25.8. The van der Waals surface area contributed by atoms with Crippen molar-refractivity contribution in [1.29, 1.82) is 0 Å². The van der Waals surface area contributed by atoms with Gasteiger partial charge in [-0.25, -0.2) is 0 Å². The third-order valence-corrected chi connectivity index (χ3v) is 18.6. The summed E-state index contributed by atoms with van der Waals surface area (Å²) in [6.07, 6.45) is 0. The van der Waals surface area contributed by atoms with Crippen molar-refractivity contribution in [2.24, 2.45) is 0 Å². The van der Waals surface area contributed by atoms with E-state index in [4.69, 9.17) is 0 Å². The number of hydrogen-bond donors (Lipinski definition) is 0. The van der Waals surface area contributed by atoms with E-state index in [2.05, 4.69) is 301 Å². The zero-order chi connectivity index (χ0) is 46.0. The molecule has 0 saturated heterocycles.